The van der Waals surface area contributed by atoms with E-state index in [2.05, 4.69) is 73.5 Å². The standard InChI is InChI=1S/C18H13BrN2S/c19-16-12-22-17-7-9-21(18(16)17)11-13-3-5-14(6-4-13)15-2-1-8-20-10-15/h1-10,12H,11H2. The van der Waals surface area contributed by atoms with E-state index in [1.165, 1.54) is 25.8 Å². The van der Waals surface area contributed by atoms with Gasteiger partial charge in [0, 0.05) is 30.5 Å². The lowest BCUT2D eigenvalue weighted by atomic mass is 10.1. The molecule has 2 nitrogen and oxygen atoms in total. The normalized spacial score (nSPS) is 11.1. The van der Waals surface area contributed by atoms with Crippen molar-refractivity contribution < 1.29 is 0 Å². The van der Waals surface area contributed by atoms with E-state index in [0.29, 0.717) is 0 Å². The Morgan fingerprint density at radius 3 is 2.68 bits per heavy atom. The van der Waals surface area contributed by atoms with Crippen LogP contribution in [0.3, 0.4) is 0 Å². The van der Waals surface area contributed by atoms with Crippen LogP contribution in [0.25, 0.3) is 21.3 Å². The summed E-state index contributed by atoms with van der Waals surface area (Å²) in [5, 5.41) is 2.15. The van der Waals surface area contributed by atoms with Crippen LogP contribution in [0.2, 0.25) is 0 Å². The van der Waals surface area contributed by atoms with Crippen molar-refractivity contribution in [1.82, 2.24) is 9.55 Å². The quantitative estimate of drug-likeness (QED) is 0.461. The number of halogens is 1. The lowest BCUT2D eigenvalue weighted by molar-refractivity contribution is 0.836. The molecule has 3 heterocycles. The van der Waals surface area contributed by atoms with Crippen molar-refractivity contribution in [2.75, 3.05) is 0 Å². The number of hydrogen-bond acceptors (Lipinski definition) is 2. The molecule has 0 aliphatic heterocycles. The minimum absolute atomic E-state index is 0.881. The summed E-state index contributed by atoms with van der Waals surface area (Å²) in [6, 6.07) is 14.9. The highest BCUT2D eigenvalue weighted by atomic mass is 79.9. The Morgan fingerprint density at radius 1 is 1.05 bits per heavy atom. The molecule has 1 aromatic carbocycles. The summed E-state index contributed by atoms with van der Waals surface area (Å²) in [6.07, 6.45) is 5.85. The molecule has 0 bridgehead atoms. The van der Waals surface area contributed by atoms with E-state index < -0.39 is 0 Å². The van der Waals surface area contributed by atoms with Crippen molar-refractivity contribution in [3.05, 3.63) is 76.5 Å². The van der Waals surface area contributed by atoms with Gasteiger partial charge in [-0.15, -0.1) is 11.3 Å². The van der Waals surface area contributed by atoms with Gasteiger partial charge in [0.25, 0.3) is 0 Å². The van der Waals surface area contributed by atoms with Crippen LogP contribution in [-0.4, -0.2) is 9.55 Å². The van der Waals surface area contributed by atoms with Crippen LogP contribution in [0.15, 0.2) is 70.9 Å². The molecule has 4 aromatic rings. The molecule has 22 heavy (non-hydrogen) atoms. The SMILES string of the molecule is Brc1csc2ccn(Cc3ccc(-c4cccnc4)cc3)c12. The minimum atomic E-state index is 0.881. The number of fused-ring (bicyclic) bond motifs is 1. The number of thiophene rings is 1. The Morgan fingerprint density at radius 2 is 1.91 bits per heavy atom. The Labute approximate surface area is 141 Å². The zero-order chi connectivity index (χ0) is 14.9. The van der Waals surface area contributed by atoms with Crippen molar-refractivity contribution in [2.24, 2.45) is 0 Å². The third-order valence-electron chi connectivity index (χ3n) is 3.74. The second kappa shape index (κ2) is 5.71. The molecule has 0 saturated heterocycles. The summed E-state index contributed by atoms with van der Waals surface area (Å²) in [6.45, 7) is 0.881. The molecule has 108 valence electrons. The number of aromatic nitrogens is 2. The third-order valence-corrected chi connectivity index (χ3v) is 5.59. The van der Waals surface area contributed by atoms with Gasteiger partial charge in [-0.25, -0.2) is 0 Å². The molecule has 0 unspecified atom stereocenters. The van der Waals surface area contributed by atoms with Crippen molar-refractivity contribution in [3.63, 3.8) is 0 Å². The predicted molar refractivity (Wildman–Crippen MR) is 96.3 cm³/mol. The Hall–Kier alpha value is -1.91. The van der Waals surface area contributed by atoms with Gasteiger partial charge in [-0.2, -0.15) is 0 Å². The summed E-state index contributed by atoms with van der Waals surface area (Å²) in [5.41, 5.74) is 4.92. The molecule has 3 aromatic heterocycles. The number of hydrogen-bond donors (Lipinski definition) is 0. The van der Waals surface area contributed by atoms with E-state index in [0.717, 1.165) is 12.1 Å². The Kier molecular flexibility index (Phi) is 3.56. The van der Waals surface area contributed by atoms with E-state index in [1.54, 1.807) is 17.5 Å². The van der Waals surface area contributed by atoms with Crippen LogP contribution in [0, 0.1) is 0 Å². The van der Waals surface area contributed by atoms with Gasteiger partial charge in [-0.1, -0.05) is 30.3 Å². The average Bonchev–Trinajstić information content (AvgIpc) is 3.13. The molecule has 0 fully saturated rings. The largest absolute Gasteiger partial charge is 0.341 e. The molecule has 0 saturated carbocycles. The van der Waals surface area contributed by atoms with Gasteiger partial charge in [0.15, 0.2) is 0 Å². The van der Waals surface area contributed by atoms with Crippen LogP contribution in [0.5, 0.6) is 0 Å². The first kappa shape index (κ1) is 13.7. The van der Waals surface area contributed by atoms with Crippen molar-refractivity contribution in [3.8, 4) is 11.1 Å². The smallest absolute Gasteiger partial charge is 0.0737 e. The second-order valence-corrected chi connectivity index (χ2v) is 6.94. The monoisotopic (exact) mass is 368 g/mol. The summed E-state index contributed by atoms with van der Waals surface area (Å²) < 4.78 is 4.78. The number of pyridine rings is 1. The summed E-state index contributed by atoms with van der Waals surface area (Å²) in [4.78, 5) is 4.17. The highest BCUT2D eigenvalue weighted by Gasteiger charge is 2.07. The lowest BCUT2D eigenvalue weighted by Crippen LogP contribution is -1.97. The van der Waals surface area contributed by atoms with Gasteiger partial charge in [0.2, 0.25) is 0 Å². The summed E-state index contributed by atoms with van der Waals surface area (Å²) in [7, 11) is 0. The maximum atomic E-state index is 4.17. The average molecular weight is 369 g/mol. The highest BCUT2D eigenvalue weighted by Crippen LogP contribution is 2.31. The maximum absolute atomic E-state index is 4.17. The molecule has 0 N–H and O–H groups in total. The minimum Gasteiger partial charge on any atom is -0.341 e. The number of benzene rings is 1. The molecule has 0 aliphatic carbocycles. The van der Waals surface area contributed by atoms with Crippen LogP contribution in [0.1, 0.15) is 5.56 Å². The van der Waals surface area contributed by atoms with Gasteiger partial charge in [-0.05, 0) is 44.8 Å². The Balaban J connectivity index is 1.63. The van der Waals surface area contributed by atoms with Gasteiger partial charge in [0.1, 0.15) is 0 Å². The van der Waals surface area contributed by atoms with Crippen LogP contribution >= 0.6 is 27.3 Å². The zero-order valence-electron chi connectivity index (χ0n) is 11.7. The molecular formula is C18H13BrN2S. The fourth-order valence-corrected chi connectivity index (χ4v) is 4.31. The molecular weight excluding hydrogens is 356 g/mol. The number of rotatable bonds is 3. The van der Waals surface area contributed by atoms with E-state index in [9.17, 15) is 0 Å². The maximum Gasteiger partial charge on any atom is 0.0737 e. The molecule has 0 aliphatic rings. The fraction of sp³-hybridized carbons (Fsp3) is 0.0556. The number of nitrogens with zero attached hydrogens (tertiary/aromatic N) is 2. The first-order valence-corrected chi connectivity index (χ1v) is 8.70. The molecule has 0 atom stereocenters. The topological polar surface area (TPSA) is 17.8 Å². The third kappa shape index (κ3) is 2.49. The van der Waals surface area contributed by atoms with Crippen molar-refractivity contribution in [1.29, 1.82) is 0 Å². The van der Waals surface area contributed by atoms with Gasteiger partial charge < -0.3 is 4.57 Å². The van der Waals surface area contributed by atoms with E-state index in [4.69, 9.17) is 0 Å². The molecule has 4 rings (SSSR count). The molecule has 0 amide bonds. The molecule has 0 radical (unpaired) electrons. The van der Waals surface area contributed by atoms with Gasteiger partial charge in [0.05, 0.1) is 14.7 Å². The predicted octanol–water partition coefficient (Wildman–Crippen LogP) is 5.58. The first-order valence-electron chi connectivity index (χ1n) is 7.02. The molecule has 4 heteroatoms. The second-order valence-electron chi connectivity index (χ2n) is 5.18. The lowest BCUT2D eigenvalue weighted by Gasteiger charge is -2.07. The fourth-order valence-electron chi connectivity index (χ4n) is 2.64. The van der Waals surface area contributed by atoms with Crippen LogP contribution in [0.4, 0.5) is 0 Å². The van der Waals surface area contributed by atoms with Gasteiger partial charge >= 0.3 is 0 Å². The molecule has 0 spiro atoms. The van der Waals surface area contributed by atoms with E-state index in [1.807, 2.05) is 12.3 Å². The van der Waals surface area contributed by atoms with Crippen molar-refractivity contribution >= 4 is 37.5 Å². The summed E-state index contributed by atoms with van der Waals surface area (Å²) >= 11 is 5.41. The van der Waals surface area contributed by atoms with Crippen LogP contribution in [-0.2, 0) is 6.54 Å². The highest BCUT2D eigenvalue weighted by molar-refractivity contribution is 9.10. The zero-order valence-corrected chi connectivity index (χ0v) is 14.1. The first-order chi connectivity index (χ1) is 10.8. The van der Waals surface area contributed by atoms with Crippen LogP contribution < -0.4 is 0 Å². The Bertz CT molecular complexity index is 907. The van der Waals surface area contributed by atoms with E-state index >= 15 is 0 Å². The van der Waals surface area contributed by atoms with E-state index in [-0.39, 0.29) is 0 Å². The van der Waals surface area contributed by atoms with Crippen molar-refractivity contribution in [2.45, 2.75) is 6.54 Å². The van der Waals surface area contributed by atoms with Gasteiger partial charge in [-0.3, -0.25) is 4.98 Å². The summed E-state index contributed by atoms with van der Waals surface area (Å²) in [5.74, 6) is 0.